The lowest BCUT2D eigenvalue weighted by Crippen LogP contribution is -2.21. The number of oxazole rings is 1. The second kappa shape index (κ2) is 7.79. The van der Waals surface area contributed by atoms with Crippen molar-refractivity contribution in [1.82, 2.24) is 10.4 Å². The number of carbonyl (C=O) groups excluding carboxylic acids is 1. The molecule has 0 unspecified atom stereocenters. The number of hydrogen-bond acceptors (Lipinski definition) is 7. The minimum Gasteiger partial charge on any atom is -0.431 e. The second-order valence-corrected chi connectivity index (χ2v) is 6.20. The van der Waals surface area contributed by atoms with Crippen molar-refractivity contribution in [2.24, 2.45) is 5.10 Å². The van der Waals surface area contributed by atoms with E-state index in [-0.39, 0.29) is 17.3 Å². The first-order chi connectivity index (χ1) is 12.5. The molecule has 3 aromatic rings. The molecule has 0 saturated carbocycles. The number of hydrazone groups is 1. The largest absolute Gasteiger partial charge is 0.431 e. The summed E-state index contributed by atoms with van der Waals surface area (Å²) in [5.41, 5.74) is 4.81. The molecule has 132 valence electrons. The first-order valence-electron chi connectivity index (χ1n) is 7.59. The smallest absolute Gasteiger partial charge is 0.270 e. The highest BCUT2D eigenvalue weighted by Gasteiger charge is 2.10. The van der Waals surface area contributed by atoms with E-state index in [9.17, 15) is 14.9 Å². The molecular weight excluding hydrogens is 356 g/mol. The minimum atomic E-state index is -0.480. The lowest BCUT2D eigenvalue weighted by molar-refractivity contribution is -0.384. The van der Waals surface area contributed by atoms with Crippen LogP contribution in [0.3, 0.4) is 0 Å². The number of nitrogens with one attached hydrogen (secondary N) is 1. The van der Waals surface area contributed by atoms with Gasteiger partial charge in [-0.25, -0.2) is 10.4 Å². The minimum absolute atomic E-state index is 0.0325. The molecule has 3 rings (SSSR count). The number of nitrogens with zero attached hydrogens (tertiary/aromatic N) is 3. The summed E-state index contributed by atoms with van der Waals surface area (Å²) in [6.45, 7) is 1.66. The Balaban J connectivity index is 1.58. The van der Waals surface area contributed by atoms with Crippen molar-refractivity contribution in [1.29, 1.82) is 0 Å². The standard InChI is InChI=1S/C17H14N4O4S/c1-11(12-5-4-6-13(9-12)21(23)24)19-20-16(22)10-26-17-18-14-7-2-3-8-15(14)25-17/h2-9H,10H2,1H3,(H,20,22). The molecular formula is C17H14N4O4S. The monoisotopic (exact) mass is 370 g/mol. The summed E-state index contributed by atoms with van der Waals surface area (Å²) >= 11 is 1.16. The molecule has 1 heterocycles. The van der Waals surface area contributed by atoms with E-state index in [4.69, 9.17) is 4.42 Å². The van der Waals surface area contributed by atoms with Crippen LogP contribution in [0.2, 0.25) is 0 Å². The van der Waals surface area contributed by atoms with Gasteiger partial charge in [-0.05, 0) is 19.1 Å². The molecule has 2 aromatic carbocycles. The van der Waals surface area contributed by atoms with Crippen molar-refractivity contribution in [3.05, 3.63) is 64.2 Å². The Bertz CT molecular complexity index is 966. The maximum atomic E-state index is 11.9. The van der Waals surface area contributed by atoms with Gasteiger partial charge < -0.3 is 4.42 Å². The number of nitro benzene ring substituents is 1. The molecule has 1 aromatic heterocycles. The fourth-order valence-electron chi connectivity index (χ4n) is 2.13. The van der Waals surface area contributed by atoms with Crippen LogP contribution in [0.15, 0.2) is 63.3 Å². The average molecular weight is 370 g/mol. The van der Waals surface area contributed by atoms with Gasteiger partial charge in [-0.3, -0.25) is 14.9 Å². The summed E-state index contributed by atoms with van der Waals surface area (Å²) in [7, 11) is 0. The number of non-ortho nitro benzene ring substituents is 1. The number of carbonyl (C=O) groups is 1. The van der Waals surface area contributed by atoms with Crippen LogP contribution in [0.25, 0.3) is 11.1 Å². The quantitative estimate of drug-likeness (QED) is 0.308. The Hall–Kier alpha value is -3.20. The summed E-state index contributed by atoms with van der Waals surface area (Å²) in [5.74, 6) is -0.250. The van der Waals surface area contributed by atoms with Gasteiger partial charge in [0.25, 0.3) is 16.8 Å². The van der Waals surface area contributed by atoms with Gasteiger partial charge in [0.2, 0.25) is 0 Å². The second-order valence-electron chi connectivity index (χ2n) is 5.28. The third-order valence-electron chi connectivity index (χ3n) is 3.42. The predicted molar refractivity (Wildman–Crippen MR) is 98.2 cm³/mol. The lowest BCUT2D eigenvalue weighted by atomic mass is 10.1. The zero-order valence-electron chi connectivity index (χ0n) is 13.7. The summed E-state index contributed by atoms with van der Waals surface area (Å²) < 4.78 is 5.52. The van der Waals surface area contributed by atoms with E-state index in [0.29, 0.717) is 22.1 Å². The predicted octanol–water partition coefficient (Wildman–Crippen LogP) is 3.37. The highest BCUT2D eigenvalue weighted by molar-refractivity contribution is 7.99. The zero-order chi connectivity index (χ0) is 18.5. The molecule has 0 aliphatic carbocycles. The number of hydrogen-bond donors (Lipinski definition) is 1. The third-order valence-corrected chi connectivity index (χ3v) is 4.25. The Kier molecular flexibility index (Phi) is 5.28. The molecule has 1 amide bonds. The van der Waals surface area contributed by atoms with Gasteiger partial charge in [0.1, 0.15) is 5.52 Å². The van der Waals surface area contributed by atoms with Gasteiger partial charge in [0, 0.05) is 17.7 Å². The number of aromatic nitrogens is 1. The van der Waals surface area contributed by atoms with Crippen molar-refractivity contribution in [3.63, 3.8) is 0 Å². The number of para-hydroxylation sites is 2. The van der Waals surface area contributed by atoms with Crippen LogP contribution in [-0.2, 0) is 4.79 Å². The van der Waals surface area contributed by atoms with Gasteiger partial charge in [-0.1, -0.05) is 36.0 Å². The third kappa shape index (κ3) is 4.25. The lowest BCUT2D eigenvalue weighted by Gasteiger charge is -2.02. The van der Waals surface area contributed by atoms with E-state index in [1.165, 1.54) is 12.1 Å². The van der Waals surface area contributed by atoms with Crippen LogP contribution in [0, 0.1) is 10.1 Å². The van der Waals surface area contributed by atoms with Crippen molar-refractivity contribution >= 4 is 40.2 Å². The Morgan fingerprint density at radius 3 is 2.88 bits per heavy atom. The van der Waals surface area contributed by atoms with Crippen LogP contribution in [0.4, 0.5) is 5.69 Å². The number of fused-ring (bicyclic) bond motifs is 1. The molecule has 1 N–H and O–H groups in total. The Morgan fingerprint density at radius 1 is 1.31 bits per heavy atom. The van der Waals surface area contributed by atoms with Crippen molar-refractivity contribution < 1.29 is 14.1 Å². The molecule has 8 nitrogen and oxygen atoms in total. The van der Waals surface area contributed by atoms with Crippen LogP contribution in [0.1, 0.15) is 12.5 Å². The van der Waals surface area contributed by atoms with E-state index < -0.39 is 4.92 Å². The number of benzene rings is 2. The fourth-order valence-corrected chi connectivity index (χ4v) is 2.76. The Labute approximate surface area is 152 Å². The van der Waals surface area contributed by atoms with Crippen molar-refractivity contribution in [2.75, 3.05) is 5.75 Å². The normalized spacial score (nSPS) is 11.5. The number of amides is 1. The highest BCUT2D eigenvalue weighted by atomic mass is 32.2. The van der Waals surface area contributed by atoms with Gasteiger partial charge in [-0.15, -0.1) is 0 Å². The van der Waals surface area contributed by atoms with E-state index in [1.54, 1.807) is 25.1 Å². The van der Waals surface area contributed by atoms with E-state index >= 15 is 0 Å². The molecule has 0 bridgehead atoms. The summed E-state index contributed by atoms with van der Waals surface area (Å²) in [4.78, 5) is 26.5. The van der Waals surface area contributed by atoms with Gasteiger partial charge in [0.15, 0.2) is 5.58 Å². The van der Waals surface area contributed by atoms with Crippen LogP contribution < -0.4 is 5.43 Å². The fraction of sp³-hybridized carbons (Fsp3) is 0.118. The topological polar surface area (TPSA) is 111 Å². The molecule has 0 atom stereocenters. The van der Waals surface area contributed by atoms with Crippen LogP contribution >= 0.6 is 11.8 Å². The van der Waals surface area contributed by atoms with Crippen LogP contribution in [0.5, 0.6) is 0 Å². The first kappa shape index (κ1) is 17.6. The molecule has 9 heteroatoms. The van der Waals surface area contributed by atoms with Crippen molar-refractivity contribution in [3.8, 4) is 0 Å². The molecule has 0 aliphatic rings. The molecule has 0 fully saturated rings. The van der Waals surface area contributed by atoms with Gasteiger partial charge >= 0.3 is 0 Å². The summed E-state index contributed by atoms with van der Waals surface area (Å²) in [6, 6.07) is 13.4. The molecule has 0 aliphatic heterocycles. The molecule has 0 spiro atoms. The van der Waals surface area contributed by atoms with E-state index in [0.717, 1.165) is 17.3 Å². The molecule has 0 radical (unpaired) electrons. The average Bonchev–Trinajstić information content (AvgIpc) is 3.07. The maximum Gasteiger partial charge on any atom is 0.270 e. The number of nitro groups is 1. The van der Waals surface area contributed by atoms with Crippen LogP contribution in [-0.4, -0.2) is 27.3 Å². The molecule has 0 saturated heterocycles. The van der Waals surface area contributed by atoms with E-state index in [1.807, 2.05) is 18.2 Å². The number of thioether (sulfide) groups is 1. The Morgan fingerprint density at radius 2 is 2.12 bits per heavy atom. The summed E-state index contributed by atoms with van der Waals surface area (Å²) in [5, 5.41) is 15.2. The zero-order valence-corrected chi connectivity index (χ0v) is 14.5. The first-order valence-corrected chi connectivity index (χ1v) is 8.58. The maximum absolute atomic E-state index is 11.9. The van der Waals surface area contributed by atoms with Gasteiger partial charge in [-0.2, -0.15) is 5.10 Å². The molecule has 26 heavy (non-hydrogen) atoms. The van der Waals surface area contributed by atoms with E-state index in [2.05, 4.69) is 15.5 Å². The van der Waals surface area contributed by atoms with Crippen molar-refractivity contribution in [2.45, 2.75) is 12.1 Å². The number of rotatable bonds is 6. The SMILES string of the molecule is CC(=NNC(=O)CSc1nc2ccccc2o1)c1cccc([N+](=O)[O-])c1. The highest BCUT2D eigenvalue weighted by Crippen LogP contribution is 2.22. The summed E-state index contributed by atoms with van der Waals surface area (Å²) in [6.07, 6.45) is 0. The van der Waals surface area contributed by atoms with Gasteiger partial charge in [0.05, 0.1) is 16.4 Å².